The second kappa shape index (κ2) is 10.5. The van der Waals surface area contributed by atoms with E-state index >= 15 is 0 Å². The first-order valence-corrected chi connectivity index (χ1v) is 13.8. The number of halogens is 1. The van der Waals surface area contributed by atoms with Gasteiger partial charge in [0.05, 0.1) is 22.8 Å². The largest absolute Gasteiger partial charge is 0.507 e. The van der Waals surface area contributed by atoms with Crippen LogP contribution in [0.5, 0.6) is 5.75 Å². The van der Waals surface area contributed by atoms with Crippen LogP contribution in [0, 0.1) is 12.7 Å². The molecule has 4 aromatic carbocycles. The van der Waals surface area contributed by atoms with Crippen molar-refractivity contribution in [2.24, 2.45) is 17.1 Å². The van der Waals surface area contributed by atoms with Crippen molar-refractivity contribution in [2.45, 2.75) is 13.8 Å². The van der Waals surface area contributed by atoms with Gasteiger partial charge < -0.3 is 5.11 Å². The summed E-state index contributed by atoms with van der Waals surface area (Å²) in [5, 5.41) is 19.3. The zero-order chi connectivity index (χ0) is 28.7. The fourth-order valence-corrected chi connectivity index (χ4v) is 5.68. The highest BCUT2D eigenvalue weighted by molar-refractivity contribution is 7.07. The number of hydrogen-bond acceptors (Lipinski definition) is 5. The molecule has 6 rings (SSSR count). The van der Waals surface area contributed by atoms with Crippen LogP contribution < -0.4 is 10.4 Å². The molecule has 0 saturated carbocycles. The minimum absolute atomic E-state index is 0.107. The minimum atomic E-state index is -0.408. The van der Waals surface area contributed by atoms with Gasteiger partial charge in [0.15, 0.2) is 5.69 Å². The summed E-state index contributed by atoms with van der Waals surface area (Å²) in [6.45, 7) is 3.61. The first-order chi connectivity index (χ1) is 19.8. The molecule has 0 fully saturated rings. The number of hydrogen-bond donors (Lipinski definition) is 1. The quantitative estimate of drug-likeness (QED) is 0.243. The van der Waals surface area contributed by atoms with Crippen LogP contribution in [0.2, 0.25) is 0 Å². The summed E-state index contributed by atoms with van der Waals surface area (Å²) in [5.74, 6) is -0.301. The maximum absolute atomic E-state index is 15.0. The third kappa shape index (κ3) is 4.60. The van der Waals surface area contributed by atoms with Crippen LogP contribution in [-0.2, 0) is 7.05 Å². The number of aromatic nitrogens is 3. The third-order valence-corrected chi connectivity index (χ3v) is 7.92. The normalized spacial score (nSPS) is 12.4. The second-order valence-electron chi connectivity index (χ2n) is 9.59. The smallest absolute Gasteiger partial charge is 0.297 e. The summed E-state index contributed by atoms with van der Waals surface area (Å²) in [5.41, 5.74) is 3.21. The van der Waals surface area contributed by atoms with Gasteiger partial charge in [-0.1, -0.05) is 60.7 Å². The van der Waals surface area contributed by atoms with E-state index in [4.69, 9.17) is 10.1 Å². The molecule has 204 valence electrons. The molecule has 0 saturated heterocycles. The number of phenolic OH excluding ortho intramolecular Hbond substituents is 1. The Bertz CT molecular complexity index is 2080. The molecule has 0 aliphatic heterocycles. The van der Waals surface area contributed by atoms with Gasteiger partial charge in [-0.15, -0.1) is 11.3 Å². The Balaban J connectivity index is 1.58. The van der Waals surface area contributed by atoms with Gasteiger partial charge in [-0.25, -0.2) is 18.7 Å². The molecule has 1 N–H and O–H groups in total. The molecule has 2 heterocycles. The zero-order valence-electron chi connectivity index (χ0n) is 22.6. The third-order valence-electron chi connectivity index (χ3n) is 7.11. The van der Waals surface area contributed by atoms with Gasteiger partial charge in [0.25, 0.3) is 5.56 Å². The van der Waals surface area contributed by atoms with Gasteiger partial charge in [0.2, 0.25) is 4.80 Å². The van der Waals surface area contributed by atoms with Crippen molar-refractivity contribution < 1.29 is 9.50 Å². The molecule has 0 aliphatic rings. The van der Waals surface area contributed by atoms with Crippen LogP contribution in [0.4, 0.5) is 10.1 Å². The van der Waals surface area contributed by atoms with Gasteiger partial charge in [-0.05, 0) is 49.6 Å². The monoisotopic (exact) mass is 563 g/mol. The number of rotatable bonds is 5. The highest BCUT2D eigenvalue weighted by atomic mass is 32.1. The Labute approximate surface area is 239 Å². The predicted octanol–water partition coefficient (Wildman–Crippen LogP) is 6.52. The fraction of sp³-hybridized carbons (Fsp3) is 0.0938. The molecule has 0 unspecified atom stereocenters. The molecule has 0 aliphatic carbocycles. The Morgan fingerprint density at radius 3 is 2.41 bits per heavy atom. The topological polar surface area (TPSA) is 76.8 Å². The molecule has 0 radical (unpaired) electrons. The van der Waals surface area contributed by atoms with Gasteiger partial charge in [0.1, 0.15) is 11.6 Å². The maximum Gasteiger partial charge on any atom is 0.297 e. The van der Waals surface area contributed by atoms with E-state index in [1.165, 1.54) is 22.1 Å². The first-order valence-electron chi connectivity index (χ1n) is 13.0. The lowest BCUT2D eigenvalue weighted by atomic mass is 10.0. The molecule has 0 amide bonds. The number of thiazole rings is 1. The minimum Gasteiger partial charge on any atom is -0.507 e. The summed E-state index contributed by atoms with van der Waals surface area (Å²) in [7, 11) is 1.81. The molecular formula is C32H26FN5O2S. The van der Waals surface area contributed by atoms with E-state index < -0.39 is 5.82 Å². The summed E-state index contributed by atoms with van der Waals surface area (Å²) in [4.78, 5) is 18.7. The molecule has 0 spiro atoms. The van der Waals surface area contributed by atoms with Crippen molar-refractivity contribution in [3.63, 3.8) is 0 Å². The van der Waals surface area contributed by atoms with Crippen molar-refractivity contribution in [1.29, 1.82) is 0 Å². The van der Waals surface area contributed by atoms with Crippen LogP contribution in [0.1, 0.15) is 18.2 Å². The standard InChI is InChI=1S/C32H26FN5O2S/c1-20(24-18-17-22-11-7-8-14-25(22)30(24)39)35-37-28(26-15-9-10-16-27(26)33)19-41-32(37)34-29-21(2)36(3)38(31(29)40)23-12-5-4-6-13-23/h4-19,39H,1-3H3. The summed E-state index contributed by atoms with van der Waals surface area (Å²) >= 11 is 1.25. The molecule has 2 aromatic heterocycles. The maximum atomic E-state index is 15.0. The fourth-order valence-electron chi connectivity index (χ4n) is 4.86. The summed E-state index contributed by atoms with van der Waals surface area (Å²) in [6.07, 6.45) is 0. The van der Waals surface area contributed by atoms with Crippen LogP contribution >= 0.6 is 11.3 Å². The van der Waals surface area contributed by atoms with Crippen LogP contribution in [-0.4, -0.2) is 24.9 Å². The summed E-state index contributed by atoms with van der Waals surface area (Å²) in [6, 6.07) is 27.1. The lowest BCUT2D eigenvalue weighted by Gasteiger charge is -2.10. The number of aromatic hydroxyl groups is 1. The van der Waals surface area contributed by atoms with E-state index in [-0.39, 0.29) is 17.0 Å². The summed E-state index contributed by atoms with van der Waals surface area (Å²) < 4.78 is 19.8. The van der Waals surface area contributed by atoms with Crippen LogP contribution in [0.25, 0.3) is 27.7 Å². The Morgan fingerprint density at radius 2 is 1.63 bits per heavy atom. The number of fused-ring (bicyclic) bond motifs is 1. The van der Waals surface area contributed by atoms with Gasteiger partial charge in [0, 0.05) is 28.9 Å². The van der Waals surface area contributed by atoms with Crippen LogP contribution in [0.3, 0.4) is 0 Å². The number of benzene rings is 4. The average Bonchev–Trinajstić information content (AvgIpc) is 3.46. The predicted molar refractivity (Wildman–Crippen MR) is 162 cm³/mol. The van der Waals surface area contributed by atoms with E-state index in [1.54, 1.807) is 46.9 Å². The highest BCUT2D eigenvalue weighted by Crippen LogP contribution is 2.30. The van der Waals surface area contributed by atoms with Gasteiger partial charge in [-0.2, -0.15) is 5.10 Å². The number of nitrogens with zero attached hydrogens (tertiary/aromatic N) is 5. The average molecular weight is 564 g/mol. The van der Waals surface area contributed by atoms with E-state index in [1.807, 2.05) is 73.7 Å². The van der Waals surface area contributed by atoms with E-state index in [2.05, 4.69) is 0 Å². The highest BCUT2D eigenvalue weighted by Gasteiger charge is 2.18. The molecule has 0 bridgehead atoms. The van der Waals surface area contributed by atoms with E-state index in [0.717, 1.165) is 11.1 Å². The molecule has 6 aromatic rings. The molecule has 9 heteroatoms. The van der Waals surface area contributed by atoms with Crippen molar-refractivity contribution in [3.05, 3.63) is 129 Å². The zero-order valence-corrected chi connectivity index (χ0v) is 23.4. The number of para-hydroxylation sites is 1. The van der Waals surface area contributed by atoms with Crippen LogP contribution in [0.15, 0.2) is 111 Å². The lowest BCUT2D eigenvalue weighted by Crippen LogP contribution is -2.20. The van der Waals surface area contributed by atoms with Gasteiger partial charge in [-0.3, -0.25) is 9.48 Å². The Morgan fingerprint density at radius 1 is 0.927 bits per heavy atom. The SMILES string of the molecule is CC(=Nn1c(-c2ccccc2F)csc1=Nc1c(C)n(C)n(-c2ccccc2)c1=O)c1ccc2ccccc2c1O. The lowest BCUT2D eigenvalue weighted by molar-refractivity contribution is 0.480. The van der Waals surface area contributed by atoms with Crippen molar-refractivity contribution in [3.8, 4) is 22.7 Å². The number of phenols is 1. The molecule has 7 nitrogen and oxygen atoms in total. The van der Waals surface area contributed by atoms with Crippen molar-refractivity contribution in [2.75, 3.05) is 0 Å². The van der Waals surface area contributed by atoms with Crippen molar-refractivity contribution >= 4 is 33.5 Å². The Hall–Kier alpha value is -5.02. The molecular weight excluding hydrogens is 537 g/mol. The van der Waals surface area contributed by atoms with Crippen molar-refractivity contribution in [1.82, 2.24) is 14.0 Å². The first kappa shape index (κ1) is 26.2. The second-order valence-corrected chi connectivity index (χ2v) is 10.4. The molecule has 0 atom stereocenters. The van der Waals surface area contributed by atoms with E-state index in [9.17, 15) is 14.3 Å². The molecule has 41 heavy (non-hydrogen) atoms. The van der Waals surface area contributed by atoms with Gasteiger partial charge >= 0.3 is 0 Å². The Kier molecular flexibility index (Phi) is 6.72. The van der Waals surface area contributed by atoms with E-state index in [0.29, 0.717) is 38.4 Å².